The van der Waals surface area contributed by atoms with Gasteiger partial charge in [0.2, 0.25) is 6.29 Å². The molecule has 7 heteroatoms. The van der Waals surface area contributed by atoms with E-state index in [4.69, 9.17) is 21.1 Å². The zero-order valence-corrected chi connectivity index (χ0v) is 22.7. The molecule has 0 aliphatic heterocycles. The van der Waals surface area contributed by atoms with Crippen molar-refractivity contribution in [2.75, 3.05) is 7.05 Å². The Balaban J connectivity index is 2.67. The molecule has 0 radical (unpaired) electrons. The van der Waals surface area contributed by atoms with Gasteiger partial charge in [0, 0.05) is 38.7 Å². The number of carbonyl (C=O) groups is 1. The van der Waals surface area contributed by atoms with Gasteiger partial charge >= 0.3 is 5.97 Å². The number of aryl methyl sites for hydroxylation is 2. The SMILES string of the molecule is CCn1nc(C)c(Cl)c1/C(OC(C)OC(=O)CC(C)C)=C(\C=NC)c1ccc(C(C)(C)C)cc1. The molecule has 0 spiro atoms. The number of rotatable bonds is 9. The van der Waals surface area contributed by atoms with E-state index in [2.05, 4.69) is 43.0 Å². The minimum absolute atomic E-state index is 0.0287. The Labute approximate surface area is 209 Å². The van der Waals surface area contributed by atoms with Crippen LogP contribution in [0.1, 0.15) is 77.4 Å². The first-order valence-corrected chi connectivity index (χ1v) is 12.1. The van der Waals surface area contributed by atoms with Crippen LogP contribution in [0.25, 0.3) is 11.3 Å². The molecule has 0 saturated heterocycles. The maximum absolute atomic E-state index is 12.3. The largest absolute Gasteiger partial charge is 0.452 e. The molecule has 0 fully saturated rings. The molecule has 0 saturated carbocycles. The Morgan fingerprint density at radius 2 is 1.79 bits per heavy atom. The van der Waals surface area contributed by atoms with E-state index in [1.54, 1.807) is 24.9 Å². The van der Waals surface area contributed by atoms with Crippen LogP contribution in [0.5, 0.6) is 0 Å². The van der Waals surface area contributed by atoms with Crippen LogP contribution in [-0.4, -0.2) is 35.3 Å². The molecule has 34 heavy (non-hydrogen) atoms. The van der Waals surface area contributed by atoms with Gasteiger partial charge in [-0.1, -0.05) is 70.5 Å². The second-order valence-electron chi connectivity index (χ2n) is 9.79. The topological polar surface area (TPSA) is 65.7 Å². The van der Waals surface area contributed by atoms with Crippen molar-refractivity contribution in [1.82, 2.24) is 9.78 Å². The number of halogens is 1. The number of aromatic nitrogens is 2. The van der Waals surface area contributed by atoms with Gasteiger partial charge in [-0.25, -0.2) is 0 Å². The van der Waals surface area contributed by atoms with Gasteiger partial charge in [-0.3, -0.25) is 14.5 Å². The third-order valence-corrected chi connectivity index (χ3v) is 5.74. The lowest BCUT2D eigenvalue weighted by atomic mass is 9.86. The molecule has 1 aromatic carbocycles. The van der Waals surface area contributed by atoms with E-state index >= 15 is 0 Å². The summed E-state index contributed by atoms with van der Waals surface area (Å²) in [6.45, 7) is 16.6. The van der Waals surface area contributed by atoms with E-state index in [1.807, 2.05) is 39.8 Å². The van der Waals surface area contributed by atoms with Crippen molar-refractivity contribution < 1.29 is 14.3 Å². The highest BCUT2D eigenvalue weighted by molar-refractivity contribution is 6.33. The summed E-state index contributed by atoms with van der Waals surface area (Å²) in [5.41, 5.74) is 4.21. The van der Waals surface area contributed by atoms with Crippen LogP contribution in [0.15, 0.2) is 29.3 Å². The quantitative estimate of drug-likeness (QED) is 0.171. The number of ether oxygens (including phenoxy) is 2. The predicted octanol–water partition coefficient (Wildman–Crippen LogP) is 6.68. The summed E-state index contributed by atoms with van der Waals surface area (Å²) in [5.74, 6) is 0.345. The first-order chi connectivity index (χ1) is 15.9. The van der Waals surface area contributed by atoms with Crippen LogP contribution in [0.3, 0.4) is 0 Å². The van der Waals surface area contributed by atoms with E-state index in [-0.39, 0.29) is 17.3 Å². The average Bonchev–Trinajstić information content (AvgIpc) is 3.03. The molecule has 1 atom stereocenters. The number of benzene rings is 1. The minimum Gasteiger partial charge on any atom is -0.452 e. The molecule has 186 valence electrons. The normalized spacial score (nSPS) is 13.9. The van der Waals surface area contributed by atoms with Gasteiger partial charge in [0.15, 0.2) is 5.76 Å². The van der Waals surface area contributed by atoms with E-state index in [0.717, 1.165) is 11.1 Å². The molecular weight excluding hydrogens is 450 g/mol. The maximum Gasteiger partial charge on any atom is 0.309 e. The number of allylic oxidation sites excluding steroid dienone is 1. The van der Waals surface area contributed by atoms with E-state index in [0.29, 0.717) is 35.1 Å². The Morgan fingerprint density at radius 3 is 2.29 bits per heavy atom. The number of carbonyl (C=O) groups excluding carboxylic acids is 1. The van der Waals surface area contributed by atoms with Gasteiger partial charge < -0.3 is 9.47 Å². The van der Waals surface area contributed by atoms with Gasteiger partial charge in [0.1, 0.15) is 5.69 Å². The lowest BCUT2D eigenvalue weighted by Crippen LogP contribution is -2.20. The molecule has 1 heterocycles. The van der Waals surface area contributed by atoms with Crippen molar-refractivity contribution in [2.45, 2.75) is 80.1 Å². The van der Waals surface area contributed by atoms with Crippen LogP contribution in [0, 0.1) is 12.8 Å². The highest BCUT2D eigenvalue weighted by Crippen LogP contribution is 2.35. The van der Waals surface area contributed by atoms with Gasteiger partial charge in [-0.2, -0.15) is 5.10 Å². The van der Waals surface area contributed by atoms with Crippen molar-refractivity contribution in [3.05, 3.63) is 51.8 Å². The third kappa shape index (κ3) is 6.95. The minimum atomic E-state index is -0.827. The lowest BCUT2D eigenvalue weighted by Gasteiger charge is -2.22. The lowest BCUT2D eigenvalue weighted by molar-refractivity contribution is -0.165. The van der Waals surface area contributed by atoms with Gasteiger partial charge in [0.25, 0.3) is 0 Å². The number of esters is 1. The summed E-state index contributed by atoms with van der Waals surface area (Å²) >= 11 is 6.71. The van der Waals surface area contributed by atoms with Crippen LogP contribution in [-0.2, 0) is 26.2 Å². The van der Waals surface area contributed by atoms with Crippen molar-refractivity contribution >= 4 is 35.1 Å². The first kappa shape index (κ1) is 27.6. The van der Waals surface area contributed by atoms with E-state index in [1.165, 1.54) is 5.56 Å². The summed E-state index contributed by atoms with van der Waals surface area (Å²) in [7, 11) is 1.71. The highest BCUT2D eigenvalue weighted by atomic mass is 35.5. The second-order valence-corrected chi connectivity index (χ2v) is 10.2. The smallest absolute Gasteiger partial charge is 0.309 e. The number of nitrogens with zero attached hydrogens (tertiary/aromatic N) is 3. The van der Waals surface area contributed by atoms with Crippen LogP contribution in [0.4, 0.5) is 0 Å². The first-order valence-electron chi connectivity index (χ1n) is 11.8. The van der Waals surface area contributed by atoms with E-state index < -0.39 is 6.29 Å². The predicted molar refractivity (Wildman–Crippen MR) is 140 cm³/mol. The second kappa shape index (κ2) is 11.7. The molecule has 0 aliphatic rings. The molecule has 1 unspecified atom stereocenters. The summed E-state index contributed by atoms with van der Waals surface area (Å²) in [5, 5.41) is 5.05. The molecule has 0 amide bonds. The van der Waals surface area contributed by atoms with Crippen LogP contribution < -0.4 is 0 Å². The fourth-order valence-electron chi connectivity index (χ4n) is 3.55. The Kier molecular flexibility index (Phi) is 9.51. The van der Waals surface area contributed by atoms with Crippen molar-refractivity contribution in [3.8, 4) is 0 Å². The van der Waals surface area contributed by atoms with Crippen LogP contribution in [0.2, 0.25) is 5.02 Å². The Hall–Kier alpha value is -2.60. The van der Waals surface area contributed by atoms with Gasteiger partial charge in [0.05, 0.1) is 10.7 Å². The number of aliphatic imine (C=N–C) groups is 1. The summed E-state index contributed by atoms with van der Waals surface area (Å²) < 4.78 is 13.6. The zero-order chi connectivity index (χ0) is 25.6. The van der Waals surface area contributed by atoms with E-state index in [9.17, 15) is 4.79 Å². The maximum atomic E-state index is 12.3. The standard InChI is InChI=1S/C27H38ClN3O3/c1-10-31-25(24(28)18(4)30-31)26(34-19(5)33-23(32)15-17(2)3)22(16-29-9)20-11-13-21(14-12-20)27(6,7)8/h11-14,16-17,19H,10,15H2,1-9H3/b26-22-,29-16?. The third-order valence-electron chi connectivity index (χ3n) is 5.29. The van der Waals surface area contributed by atoms with Gasteiger partial charge in [-0.15, -0.1) is 0 Å². The molecule has 1 aromatic heterocycles. The van der Waals surface area contributed by atoms with Gasteiger partial charge in [-0.05, 0) is 36.3 Å². The summed E-state index contributed by atoms with van der Waals surface area (Å²) in [4.78, 5) is 16.6. The molecule has 6 nitrogen and oxygen atoms in total. The van der Waals surface area contributed by atoms with Crippen molar-refractivity contribution in [1.29, 1.82) is 0 Å². The zero-order valence-electron chi connectivity index (χ0n) is 21.9. The fraction of sp³-hybridized carbons (Fsp3) is 0.519. The highest BCUT2D eigenvalue weighted by Gasteiger charge is 2.25. The molecule has 0 bridgehead atoms. The Bertz CT molecular complexity index is 1040. The molecule has 0 N–H and O–H groups in total. The summed E-state index contributed by atoms with van der Waals surface area (Å²) in [6, 6.07) is 8.30. The number of hydrogen-bond acceptors (Lipinski definition) is 5. The van der Waals surface area contributed by atoms with Crippen LogP contribution >= 0.6 is 11.6 Å². The molecule has 2 rings (SSSR count). The molecular formula is C27H38ClN3O3. The molecule has 2 aromatic rings. The fourth-order valence-corrected chi connectivity index (χ4v) is 3.77. The van der Waals surface area contributed by atoms with Crippen molar-refractivity contribution in [3.63, 3.8) is 0 Å². The number of hydrogen-bond donors (Lipinski definition) is 0. The average molecular weight is 488 g/mol. The monoisotopic (exact) mass is 487 g/mol. The molecule has 0 aliphatic carbocycles. The van der Waals surface area contributed by atoms with Crippen molar-refractivity contribution in [2.24, 2.45) is 10.9 Å². The Morgan fingerprint density at radius 1 is 1.18 bits per heavy atom. The summed E-state index contributed by atoms with van der Waals surface area (Å²) in [6.07, 6.45) is 1.23.